The van der Waals surface area contributed by atoms with Gasteiger partial charge in [0.05, 0.1) is 0 Å². The van der Waals surface area contributed by atoms with Gasteiger partial charge < -0.3 is 5.73 Å². The monoisotopic (exact) mass is 296 g/mol. The molecule has 0 aromatic heterocycles. The van der Waals surface area contributed by atoms with Crippen LogP contribution >= 0.6 is 15.9 Å². The molecule has 1 aromatic carbocycles. The Morgan fingerprint density at radius 1 is 1.47 bits per heavy atom. The normalized spacial score (nSPS) is 20.9. The summed E-state index contributed by atoms with van der Waals surface area (Å²) in [4.78, 5) is 2.53. The lowest BCUT2D eigenvalue weighted by Gasteiger charge is -2.17. The molecule has 1 aliphatic heterocycles. The lowest BCUT2D eigenvalue weighted by atomic mass is 10.0. The Hall–Kier alpha value is -0.540. The summed E-state index contributed by atoms with van der Waals surface area (Å²) in [5.74, 6) is 0.900. The molecule has 1 aromatic rings. The van der Waals surface area contributed by atoms with E-state index in [2.05, 4.69) is 39.9 Å². The van der Waals surface area contributed by atoms with Gasteiger partial charge in [-0.3, -0.25) is 4.90 Å². The SMILES string of the molecule is CCCC1CCN(Cc2ccc(Br)cc2N)C1. The molecule has 1 unspecified atom stereocenters. The fourth-order valence-corrected chi connectivity index (χ4v) is 3.03. The molecule has 3 heteroatoms. The quantitative estimate of drug-likeness (QED) is 0.860. The van der Waals surface area contributed by atoms with Gasteiger partial charge in [0.15, 0.2) is 0 Å². The van der Waals surface area contributed by atoms with Crippen LogP contribution in [0.1, 0.15) is 31.7 Å². The predicted octanol–water partition coefficient (Wildman–Crippen LogP) is 3.65. The minimum Gasteiger partial charge on any atom is -0.398 e. The van der Waals surface area contributed by atoms with Crippen molar-refractivity contribution in [3.63, 3.8) is 0 Å². The number of halogens is 1. The Bertz CT molecular complexity index is 378. The molecule has 94 valence electrons. The van der Waals surface area contributed by atoms with E-state index in [-0.39, 0.29) is 0 Å². The molecule has 0 amide bonds. The van der Waals surface area contributed by atoms with Crippen molar-refractivity contribution in [1.82, 2.24) is 4.90 Å². The molecule has 0 bridgehead atoms. The summed E-state index contributed by atoms with van der Waals surface area (Å²) in [6, 6.07) is 6.20. The first kappa shape index (κ1) is 12.9. The minimum atomic E-state index is 0.900. The highest BCUT2D eigenvalue weighted by Crippen LogP contribution is 2.25. The van der Waals surface area contributed by atoms with Gasteiger partial charge in [-0.25, -0.2) is 0 Å². The molecule has 1 aliphatic rings. The number of hydrogen-bond acceptors (Lipinski definition) is 2. The Labute approximate surface area is 112 Å². The van der Waals surface area contributed by atoms with Crippen LogP contribution in [0.2, 0.25) is 0 Å². The maximum Gasteiger partial charge on any atom is 0.0371 e. The molecule has 0 radical (unpaired) electrons. The van der Waals surface area contributed by atoms with Crippen molar-refractivity contribution in [2.75, 3.05) is 18.8 Å². The average Bonchev–Trinajstić information content (AvgIpc) is 2.71. The minimum absolute atomic E-state index is 0.900. The molecule has 0 aliphatic carbocycles. The fraction of sp³-hybridized carbons (Fsp3) is 0.571. The molecular weight excluding hydrogens is 276 g/mol. The largest absolute Gasteiger partial charge is 0.398 e. The smallest absolute Gasteiger partial charge is 0.0371 e. The fourth-order valence-electron chi connectivity index (χ4n) is 2.65. The molecule has 1 heterocycles. The first-order valence-electron chi connectivity index (χ1n) is 6.45. The Balaban J connectivity index is 1.93. The summed E-state index contributed by atoms with van der Waals surface area (Å²) in [5.41, 5.74) is 8.19. The van der Waals surface area contributed by atoms with E-state index >= 15 is 0 Å². The van der Waals surface area contributed by atoms with Gasteiger partial charge in [-0.05, 0) is 43.0 Å². The maximum atomic E-state index is 6.04. The molecule has 2 rings (SSSR count). The topological polar surface area (TPSA) is 29.3 Å². The molecule has 1 atom stereocenters. The number of benzene rings is 1. The summed E-state index contributed by atoms with van der Waals surface area (Å²) in [6.45, 7) is 5.73. The highest BCUT2D eigenvalue weighted by atomic mass is 79.9. The van der Waals surface area contributed by atoms with Gasteiger partial charge in [0.25, 0.3) is 0 Å². The highest BCUT2D eigenvalue weighted by Gasteiger charge is 2.21. The van der Waals surface area contributed by atoms with Crippen LogP contribution in [-0.2, 0) is 6.54 Å². The summed E-state index contributed by atoms with van der Waals surface area (Å²) in [6.07, 6.45) is 4.02. The standard InChI is InChI=1S/C14H21BrN2/c1-2-3-11-6-7-17(9-11)10-12-4-5-13(15)8-14(12)16/h4-5,8,11H,2-3,6-7,9-10,16H2,1H3. The molecular formula is C14H21BrN2. The number of anilines is 1. The number of hydrogen-bond donors (Lipinski definition) is 1. The molecule has 1 fully saturated rings. The number of nitrogens with zero attached hydrogens (tertiary/aromatic N) is 1. The van der Waals surface area contributed by atoms with E-state index in [1.807, 2.05) is 6.07 Å². The van der Waals surface area contributed by atoms with E-state index in [0.29, 0.717) is 0 Å². The van der Waals surface area contributed by atoms with Gasteiger partial charge in [-0.2, -0.15) is 0 Å². The van der Waals surface area contributed by atoms with Crippen molar-refractivity contribution in [1.29, 1.82) is 0 Å². The Kier molecular flexibility index (Phi) is 4.46. The first-order valence-corrected chi connectivity index (χ1v) is 7.24. The second kappa shape index (κ2) is 5.87. The van der Waals surface area contributed by atoms with Crippen LogP contribution in [0, 0.1) is 5.92 Å². The summed E-state index contributed by atoms with van der Waals surface area (Å²) >= 11 is 3.45. The first-order chi connectivity index (χ1) is 8.19. The third-order valence-corrected chi connectivity index (χ3v) is 4.06. The molecule has 0 saturated carbocycles. The van der Waals surface area contributed by atoms with Crippen LogP contribution in [0.3, 0.4) is 0 Å². The van der Waals surface area contributed by atoms with Crippen molar-refractivity contribution < 1.29 is 0 Å². The zero-order valence-electron chi connectivity index (χ0n) is 10.5. The van der Waals surface area contributed by atoms with E-state index in [4.69, 9.17) is 5.73 Å². The molecule has 2 nitrogen and oxygen atoms in total. The third kappa shape index (κ3) is 3.46. The van der Waals surface area contributed by atoms with E-state index in [0.717, 1.165) is 22.6 Å². The number of rotatable bonds is 4. The Morgan fingerprint density at radius 3 is 3.00 bits per heavy atom. The number of likely N-dealkylation sites (tertiary alicyclic amines) is 1. The van der Waals surface area contributed by atoms with Gasteiger partial charge in [-0.1, -0.05) is 35.3 Å². The van der Waals surface area contributed by atoms with Gasteiger partial charge in [0.1, 0.15) is 0 Å². The van der Waals surface area contributed by atoms with E-state index in [1.54, 1.807) is 0 Å². The van der Waals surface area contributed by atoms with Crippen LogP contribution in [0.25, 0.3) is 0 Å². The number of nitrogens with two attached hydrogens (primary N) is 1. The predicted molar refractivity (Wildman–Crippen MR) is 76.8 cm³/mol. The second-order valence-corrected chi connectivity index (χ2v) is 5.94. The zero-order chi connectivity index (χ0) is 12.3. The van der Waals surface area contributed by atoms with Crippen LogP contribution in [0.5, 0.6) is 0 Å². The summed E-state index contributed by atoms with van der Waals surface area (Å²) in [5, 5.41) is 0. The average molecular weight is 297 g/mol. The van der Waals surface area contributed by atoms with Crippen LogP contribution in [-0.4, -0.2) is 18.0 Å². The summed E-state index contributed by atoms with van der Waals surface area (Å²) < 4.78 is 1.06. The third-order valence-electron chi connectivity index (χ3n) is 3.57. The summed E-state index contributed by atoms with van der Waals surface area (Å²) in [7, 11) is 0. The lowest BCUT2D eigenvalue weighted by Crippen LogP contribution is -2.20. The van der Waals surface area contributed by atoms with Crippen molar-refractivity contribution in [2.45, 2.75) is 32.7 Å². The maximum absolute atomic E-state index is 6.04. The van der Waals surface area contributed by atoms with Gasteiger partial charge >= 0.3 is 0 Å². The van der Waals surface area contributed by atoms with Gasteiger partial charge in [0, 0.05) is 23.2 Å². The molecule has 0 spiro atoms. The zero-order valence-corrected chi connectivity index (χ0v) is 12.0. The van der Waals surface area contributed by atoms with Crippen LogP contribution < -0.4 is 5.73 Å². The molecule has 2 N–H and O–H groups in total. The molecule has 1 saturated heterocycles. The van der Waals surface area contributed by atoms with Crippen LogP contribution in [0.4, 0.5) is 5.69 Å². The highest BCUT2D eigenvalue weighted by molar-refractivity contribution is 9.10. The van der Waals surface area contributed by atoms with Crippen molar-refractivity contribution >= 4 is 21.6 Å². The van der Waals surface area contributed by atoms with Crippen molar-refractivity contribution in [3.8, 4) is 0 Å². The van der Waals surface area contributed by atoms with E-state index in [9.17, 15) is 0 Å². The molecule has 17 heavy (non-hydrogen) atoms. The van der Waals surface area contributed by atoms with Crippen LogP contribution in [0.15, 0.2) is 22.7 Å². The van der Waals surface area contributed by atoms with E-state index < -0.39 is 0 Å². The Morgan fingerprint density at radius 2 is 2.29 bits per heavy atom. The van der Waals surface area contributed by atoms with Crippen molar-refractivity contribution in [2.24, 2.45) is 5.92 Å². The number of nitrogen functional groups attached to an aromatic ring is 1. The van der Waals surface area contributed by atoms with E-state index in [1.165, 1.54) is 37.9 Å². The van der Waals surface area contributed by atoms with Crippen molar-refractivity contribution in [3.05, 3.63) is 28.2 Å². The lowest BCUT2D eigenvalue weighted by molar-refractivity contribution is 0.313. The van der Waals surface area contributed by atoms with Gasteiger partial charge in [-0.15, -0.1) is 0 Å². The second-order valence-electron chi connectivity index (χ2n) is 5.02. The van der Waals surface area contributed by atoms with Gasteiger partial charge in [0.2, 0.25) is 0 Å².